The van der Waals surface area contributed by atoms with Gasteiger partial charge in [-0.1, -0.05) is 39.5 Å². The molecule has 0 unspecified atom stereocenters. The molecule has 3 atom stereocenters. The summed E-state index contributed by atoms with van der Waals surface area (Å²) in [5.74, 6) is -0.0821. The fourth-order valence-electron chi connectivity index (χ4n) is 3.10. The Labute approximate surface area is 104 Å². The number of ether oxygens (including phenoxy) is 2. The Morgan fingerprint density at radius 2 is 2.12 bits per heavy atom. The van der Waals surface area contributed by atoms with Crippen LogP contribution >= 0.6 is 0 Å². The Balaban J connectivity index is 1.80. The van der Waals surface area contributed by atoms with Gasteiger partial charge in [0.15, 0.2) is 0 Å². The second kappa shape index (κ2) is 5.38. The molecular weight excluding hydrogens is 216 g/mol. The first-order valence-corrected chi connectivity index (χ1v) is 7.07. The van der Waals surface area contributed by atoms with Gasteiger partial charge in [-0.25, -0.2) is 0 Å². The second-order valence-corrected chi connectivity index (χ2v) is 5.40. The van der Waals surface area contributed by atoms with Crippen LogP contribution in [0.5, 0.6) is 0 Å². The summed E-state index contributed by atoms with van der Waals surface area (Å²) in [6, 6.07) is 0. The number of rotatable bonds is 6. The highest BCUT2D eigenvalue weighted by molar-refractivity contribution is 5.73. The minimum absolute atomic E-state index is 0.0242. The van der Waals surface area contributed by atoms with Gasteiger partial charge in [0.05, 0.1) is 12.5 Å². The van der Waals surface area contributed by atoms with Crippen LogP contribution in [0.4, 0.5) is 0 Å². The van der Waals surface area contributed by atoms with Crippen molar-refractivity contribution in [3.05, 3.63) is 0 Å². The third-order valence-corrected chi connectivity index (χ3v) is 4.16. The molecule has 3 nitrogen and oxygen atoms in total. The maximum absolute atomic E-state index is 11.3. The quantitative estimate of drug-likeness (QED) is 0.528. The van der Waals surface area contributed by atoms with Crippen molar-refractivity contribution < 1.29 is 14.3 Å². The Morgan fingerprint density at radius 1 is 1.29 bits per heavy atom. The van der Waals surface area contributed by atoms with Crippen molar-refractivity contribution in [3.8, 4) is 0 Å². The zero-order chi connectivity index (χ0) is 12.3. The highest BCUT2D eigenvalue weighted by Crippen LogP contribution is 2.44. The molecule has 0 aliphatic carbocycles. The maximum Gasteiger partial charge on any atom is 0.309 e. The average Bonchev–Trinajstić information content (AvgIpc) is 2.77. The van der Waals surface area contributed by atoms with E-state index in [-0.39, 0.29) is 17.7 Å². The van der Waals surface area contributed by atoms with Crippen LogP contribution in [-0.4, -0.2) is 23.8 Å². The molecule has 0 aromatic heterocycles. The van der Waals surface area contributed by atoms with Gasteiger partial charge in [0.2, 0.25) is 0 Å². The third kappa shape index (κ3) is 2.65. The van der Waals surface area contributed by atoms with Gasteiger partial charge < -0.3 is 9.47 Å². The molecule has 2 aliphatic rings. The van der Waals surface area contributed by atoms with Gasteiger partial charge in [-0.05, 0) is 12.8 Å². The maximum atomic E-state index is 11.3. The van der Waals surface area contributed by atoms with Crippen molar-refractivity contribution in [1.82, 2.24) is 0 Å². The number of esters is 1. The summed E-state index contributed by atoms with van der Waals surface area (Å²) in [6.45, 7) is 4.32. The van der Waals surface area contributed by atoms with Crippen LogP contribution in [0, 0.1) is 0 Å². The lowest BCUT2D eigenvalue weighted by Crippen LogP contribution is -2.34. The number of carbonyl (C=O) groups is 1. The fourth-order valence-corrected chi connectivity index (χ4v) is 3.10. The Kier molecular flexibility index (Phi) is 4.08. The van der Waals surface area contributed by atoms with Crippen molar-refractivity contribution in [1.29, 1.82) is 0 Å². The molecule has 17 heavy (non-hydrogen) atoms. The summed E-state index contributed by atoms with van der Waals surface area (Å²) in [5.41, 5.74) is -0.285. The number of hydrogen-bond acceptors (Lipinski definition) is 3. The molecule has 0 bridgehead atoms. The van der Waals surface area contributed by atoms with E-state index in [1.807, 2.05) is 0 Å². The first kappa shape index (κ1) is 12.9. The molecule has 2 rings (SSSR count). The van der Waals surface area contributed by atoms with Gasteiger partial charge in [-0.3, -0.25) is 4.79 Å². The summed E-state index contributed by atoms with van der Waals surface area (Å²) in [7, 11) is 0. The molecule has 3 heteroatoms. The summed E-state index contributed by atoms with van der Waals surface area (Å²) in [6.07, 6.45) is 8.81. The summed E-state index contributed by atoms with van der Waals surface area (Å²) >= 11 is 0. The fraction of sp³-hybridized carbons (Fsp3) is 0.929. The van der Waals surface area contributed by atoms with Crippen LogP contribution < -0.4 is 0 Å². The van der Waals surface area contributed by atoms with E-state index >= 15 is 0 Å². The predicted molar refractivity (Wildman–Crippen MR) is 65.8 cm³/mol. The SMILES string of the molecule is CCCCCC[C@@H]1C[C@@]2(CC)OC(=O)C[C@H]2O1. The van der Waals surface area contributed by atoms with Gasteiger partial charge >= 0.3 is 5.97 Å². The Morgan fingerprint density at radius 3 is 2.76 bits per heavy atom. The zero-order valence-corrected chi connectivity index (χ0v) is 11.0. The molecule has 2 saturated heterocycles. The molecule has 0 aromatic carbocycles. The van der Waals surface area contributed by atoms with Crippen molar-refractivity contribution in [2.45, 2.75) is 83.0 Å². The van der Waals surface area contributed by atoms with Crippen LogP contribution in [0.2, 0.25) is 0 Å². The number of hydrogen-bond donors (Lipinski definition) is 0. The summed E-state index contributed by atoms with van der Waals surface area (Å²) in [5, 5.41) is 0. The lowest BCUT2D eigenvalue weighted by Gasteiger charge is -2.23. The highest BCUT2D eigenvalue weighted by atomic mass is 16.6. The van der Waals surface area contributed by atoms with Crippen molar-refractivity contribution in [2.75, 3.05) is 0 Å². The standard InChI is InChI=1S/C14H24O3/c1-3-5-6-7-8-11-10-14(4-2)12(16-11)9-13(15)17-14/h11-12H,3-10H2,1-2H3/t11-,12-,14-/m1/s1. The van der Waals surface area contributed by atoms with Gasteiger partial charge in [0.1, 0.15) is 11.7 Å². The number of carbonyl (C=O) groups excluding carboxylic acids is 1. The van der Waals surface area contributed by atoms with Gasteiger partial charge in [-0.2, -0.15) is 0 Å². The minimum Gasteiger partial charge on any atom is -0.456 e. The van der Waals surface area contributed by atoms with E-state index in [4.69, 9.17) is 9.47 Å². The van der Waals surface area contributed by atoms with E-state index < -0.39 is 0 Å². The molecule has 0 spiro atoms. The lowest BCUT2D eigenvalue weighted by molar-refractivity contribution is -0.148. The van der Waals surface area contributed by atoms with E-state index in [2.05, 4.69) is 13.8 Å². The van der Waals surface area contributed by atoms with Crippen LogP contribution in [0.25, 0.3) is 0 Å². The minimum atomic E-state index is -0.285. The lowest BCUT2D eigenvalue weighted by atomic mass is 9.90. The third-order valence-electron chi connectivity index (χ3n) is 4.16. The normalized spacial score (nSPS) is 36.0. The molecule has 2 heterocycles. The highest BCUT2D eigenvalue weighted by Gasteiger charge is 2.55. The van der Waals surface area contributed by atoms with Crippen LogP contribution in [0.1, 0.15) is 65.2 Å². The average molecular weight is 240 g/mol. The van der Waals surface area contributed by atoms with E-state index in [0.29, 0.717) is 12.5 Å². The van der Waals surface area contributed by atoms with E-state index in [0.717, 1.165) is 19.3 Å². The summed E-state index contributed by atoms with van der Waals surface area (Å²) < 4.78 is 11.5. The molecule has 98 valence electrons. The Bertz CT molecular complexity index is 277. The molecule has 0 amide bonds. The van der Waals surface area contributed by atoms with E-state index in [9.17, 15) is 4.79 Å². The van der Waals surface area contributed by atoms with Crippen LogP contribution in [-0.2, 0) is 14.3 Å². The number of unbranched alkanes of at least 4 members (excludes halogenated alkanes) is 3. The zero-order valence-electron chi connectivity index (χ0n) is 11.0. The van der Waals surface area contributed by atoms with Gasteiger partial charge in [-0.15, -0.1) is 0 Å². The number of fused-ring (bicyclic) bond motifs is 1. The Hall–Kier alpha value is -0.570. The van der Waals surface area contributed by atoms with Crippen LogP contribution in [0.3, 0.4) is 0 Å². The van der Waals surface area contributed by atoms with Gasteiger partial charge in [0, 0.05) is 6.42 Å². The van der Waals surface area contributed by atoms with Crippen molar-refractivity contribution in [3.63, 3.8) is 0 Å². The smallest absolute Gasteiger partial charge is 0.309 e. The predicted octanol–water partition coefficient (Wildman–Crippen LogP) is 3.21. The largest absolute Gasteiger partial charge is 0.456 e. The van der Waals surface area contributed by atoms with Crippen molar-refractivity contribution in [2.24, 2.45) is 0 Å². The van der Waals surface area contributed by atoms with Crippen molar-refractivity contribution >= 4 is 5.97 Å². The molecule has 0 N–H and O–H groups in total. The molecule has 0 saturated carbocycles. The van der Waals surface area contributed by atoms with E-state index in [1.165, 1.54) is 25.7 Å². The topological polar surface area (TPSA) is 35.5 Å². The van der Waals surface area contributed by atoms with Crippen LogP contribution in [0.15, 0.2) is 0 Å². The monoisotopic (exact) mass is 240 g/mol. The first-order chi connectivity index (χ1) is 8.20. The van der Waals surface area contributed by atoms with Gasteiger partial charge in [0.25, 0.3) is 0 Å². The molecule has 2 fully saturated rings. The van der Waals surface area contributed by atoms with E-state index in [1.54, 1.807) is 0 Å². The first-order valence-electron chi connectivity index (χ1n) is 7.07. The molecule has 0 radical (unpaired) electrons. The molecule has 0 aromatic rings. The summed E-state index contributed by atoms with van der Waals surface area (Å²) in [4.78, 5) is 11.3. The molecular formula is C14H24O3. The second-order valence-electron chi connectivity index (χ2n) is 5.40. The molecule has 2 aliphatic heterocycles.